The Morgan fingerprint density at radius 1 is 0.761 bits per heavy atom. The third kappa shape index (κ3) is 15.8. The Kier molecular flexibility index (Phi) is 15.8. The van der Waals surface area contributed by atoms with Crippen LogP contribution in [0.25, 0.3) is 0 Å². The maximum Gasteiger partial charge on any atom is 0.490 e. The molecule has 2 saturated heterocycles. The van der Waals surface area contributed by atoms with Crippen LogP contribution in [-0.2, 0) is 37.0 Å². The van der Waals surface area contributed by atoms with E-state index in [0.29, 0.717) is 25.4 Å². The second kappa shape index (κ2) is 18.2. The number of aliphatic carboxylic acids is 3. The number of alkyl halides is 9. The summed E-state index contributed by atoms with van der Waals surface area (Å²) >= 11 is 0. The number of nitrogens with zero attached hydrogens (tertiary/aromatic N) is 3. The maximum absolute atomic E-state index is 10.6. The first-order chi connectivity index (χ1) is 21.2. The van der Waals surface area contributed by atoms with Crippen molar-refractivity contribution in [1.29, 1.82) is 0 Å². The standard InChI is InChI=1S/C20H25N3O2.3C2HF3O2/c1-3-10-21-16(5-1)13-23-12-9-20-19(23)8-7-18(25-20)15-24-14-17-6-2-4-11-22-17;3*3-2(4,5)1(6)7/h1-6,10-11,18-20H,7-9,12-15H2;3*(H,6,7)/t18-,19-,20-;;;/m0.../s1. The van der Waals surface area contributed by atoms with Crippen molar-refractivity contribution in [3.63, 3.8) is 0 Å². The van der Waals surface area contributed by atoms with Gasteiger partial charge in [0, 0.05) is 31.5 Å². The van der Waals surface area contributed by atoms with Crippen LogP contribution in [0.15, 0.2) is 48.8 Å². The zero-order valence-electron chi connectivity index (χ0n) is 23.4. The SMILES string of the molecule is O=C(O)C(F)(F)F.O=C(O)C(F)(F)F.O=C(O)C(F)(F)F.c1ccc(COC[C@@H]2CC[C@H]3[C@H](CCN3Cc3ccccn3)O2)nc1. The molecule has 4 heterocycles. The van der Waals surface area contributed by atoms with Gasteiger partial charge in [0.25, 0.3) is 0 Å². The molecule has 0 radical (unpaired) electrons. The van der Waals surface area contributed by atoms with Crippen molar-refractivity contribution in [2.24, 2.45) is 0 Å². The number of halogens is 9. The third-order valence-electron chi connectivity index (χ3n) is 5.85. The molecule has 11 nitrogen and oxygen atoms in total. The van der Waals surface area contributed by atoms with Gasteiger partial charge in [0.2, 0.25) is 0 Å². The van der Waals surface area contributed by atoms with Crippen molar-refractivity contribution >= 4 is 17.9 Å². The highest BCUT2D eigenvalue weighted by Crippen LogP contribution is 2.32. The minimum absolute atomic E-state index is 0.208. The molecule has 0 unspecified atom stereocenters. The molecule has 2 aromatic heterocycles. The Morgan fingerprint density at radius 2 is 1.22 bits per heavy atom. The van der Waals surface area contributed by atoms with Gasteiger partial charge in [0.15, 0.2) is 0 Å². The Bertz CT molecular complexity index is 1160. The zero-order chi connectivity index (χ0) is 35.1. The average Bonchev–Trinajstić information content (AvgIpc) is 3.35. The predicted molar refractivity (Wildman–Crippen MR) is 136 cm³/mol. The van der Waals surface area contributed by atoms with Crippen molar-refractivity contribution in [3.8, 4) is 0 Å². The minimum Gasteiger partial charge on any atom is -0.475 e. The summed E-state index contributed by atoms with van der Waals surface area (Å²) in [7, 11) is 0. The quantitative estimate of drug-likeness (QED) is 0.363. The molecule has 0 amide bonds. The van der Waals surface area contributed by atoms with E-state index in [1.807, 2.05) is 30.5 Å². The molecule has 0 aliphatic carbocycles. The number of carboxylic acids is 3. The molecular weight excluding hydrogens is 653 g/mol. The van der Waals surface area contributed by atoms with Gasteiger partial charge < -0.3 is 24.8 Å². The molecule has 2 aromatic rings. The lowest BCUT2D eigenvalue weighted by Crippen LogP contribution is -2.43. The smallest absolute Gasteiger partial charge is 0.475 e. The Morgan fingerprint density at radius 3 is 1.63 bits per heavy atom. The largest absolute Gasteiger partial charge is 0.490 e. The van der Waals surface area contributed by atoms with Crippen LogP contribution in [0.3, 0.4) is 0 Å². The van der Waals surface area contributed by atoms with Crippen molar-refractivity contribution in [2.75, 3.05) is 13.2 Å². The molecule has 46 heavy (non-hydrogen) atoms. The Hall–Kier alpha value is -4.04. The summed E-state index contributed by atoms with van der Waals surface area (Å²) in [4.78, 5) is 38.0. The van der Waals surface area contributed by atoms with Crippen molar-refractivity contribution in [2.45, 2.75) is 69.2 Å². The lowest BCUT2D eigenvalue weighted by molar-refractivity contribution is -0.193. The number of carboxylic acid groups (broad SMARTS) is 3. The van der Waals surface area contributed by atoms with Crippen LogP contribution in [0.2, 0.25) is 0 Å². The molecule has 0 saturated carbocycles. The molecule has 0 spiro atoms. The van der Waals surface area contributed by atoms with Gasteiger partial charge in [-0.15, -0.1) is 0 Å². The van der Waals surface area contributed by atoms with E-state index in [9.17, 15) is 39.5 Å². The number of pyridine rings is 2. The van der Waals surface area contributed by atoms with Crippen LogP contribution in [0.1, 0.15) is 30.7 Å². The van der Waals surface area contributed by atoms with E-state index >= 15 is 0 Å². The molecule has 4 rings (SSSR count). The molecule has 3 atom stereocenters. The van der Waals surface area contributed by atoms with Gasteiger partial charge in [-0.05, 0) is 43.5 Å². The Balaban J connectivity index is 0.000000413. The number of hydrogen-bond donors (Lipinski definition) is 3. The first-order valence-corrected chi connectivity index (χ1v) is 12.9. The maximum atomic E-state index is 10.6. The molecule has 3 N–H and O–H groups in total. The average molecular weight is 682 g/mol. The molecule has 0 aromatic carbocycles. The molecular formula is C26H28F9N3O8. The van der Waals surface area contributed by atoms with Crippen LogP contribution in [0, 0.1) is 0 Å². The van der Waals surface area contributed by atoms with Gasteiger partial charge in [-0.3, -0.25) is 14.9 Å². The third-order valence-corrected chi connectivity index (χ3v) is 5.85. The molecule has 2 aliphatic heterocycles. The number of ether oxygens (including phenoxy) is 2. The number of likely N-dealkylation sites (tertiary alicyclic amines) is 1. The molecule has 258 valence electrons. The summed E-state index contributed by atoms with van der Waals surface area (Å²) in [5.74, 6) is -8.27. The number of aromatic nitrogens is 2. The second-order valence-corrected chi connectivity index (χ2v) is 9.27. The van der Waals surface area contributed by atoms with Crippen LogP contribution in [0.5, 0.6) is 0 Å². The van der Waals surface area contributed by atoms with Crippen molar-refractivity contribution in [3.05, 3.63) is 60.2 Å². The molecule has 2 aliphatic rings. The summed E-state index contributed by atoms with van der Waals surface area (Å²) in [6.45, 7) is 3.22. The summed E-state index contributed by atoms with van der Waals surface area (Å²) in [6.07, 6.45) is -7.70. The van der Waals surface area contributed by atoms with E-state index < -0.39 is 36.4 Å². The topological polar surface area (TPSA) is 159 Å². The highest BCUT2D eigenvalue weighted by atomic mass is 19.4. The molecule has 20 heteroatoms. The van der Waals surface area contributed by atoms with Crippen molar-refractivity contribution < 1.29 is 78.7 Å². The minimum atomic E-state index is -5.08. The lowest BCUT2D eigenvalue weighted by atomic mass is 9.99. The number of hydrogen-bond acceptors (Lipinski definition) is 8. The van der Waals surface area contributed by atoms with E-state index in [1.165, 1.54) is 6.42 Å². The van der Waals surface area contributed by atoms with Crippen LogP contribution < -0.4 is 0 Å². The Labute approximate surface area is 254 Å². The summed E-state index contributed by atoms with van der Waals surface area (Å²) < 4.78 is 107. The fraction of sp³-hybridized carbons (Fsp3) is 0.500. The van der Waals surface area contributed by atoms with Crippen molar-refractivity contribution in [1.82, 2.24) is 14.9 Å². The lowest BCUT2D eigenvalue weighted by Gasteiger charge is -2.35. The second-order valence-electron chi connectivity index (χ2n) is 9.27. The highest BCUT2D eigenvalue weighted by Gasteiger charge is 2.41. The van der Waals surface area contributed by atoms with Gasteiger partial charge in [0.05, 0.1) is 36.8 Å². The van der Waals surface area contributed by atoms with Gasteiger partial charge in [-0.1, -0.05) is 12.1 Å². The van der Waals surface area contributed by atoms with E-state index in [1.54, 1.807) is 6.20 Å². The van der Waals surface area contributed by atoms with Gasteiger partial charge in [0.1, 0.15) is 0 Å². The zero-order valence-corrected chi connectivity index (χ0v) is 23.4. The number of rotatable bonds is 6. The van der Waals surface area contributed by atoms with Crippen LogP contribution in [-0.4, -0.2) is 98.0 Å². The highest BCUT2D eigenvalue weighted by molar-refractivity contribution is 5.73. The van der Waals surface area contributed by atoms with E-state index in [2.05, 4.69) is 27.0 Å². The molecule has 2 fully saturated rings. The monoisotopic (exact) mass is 681 g/mol. The first kappa shape index (κ1) is 40.0. The fourth-order valence-corrected chi connectivity index (χ4v) is 3.88. The summed E-state index contributed by atoms with van der Waals surface area (Å²) in [6, 6.07) is 12.6. The van der Waals surface area contributed by atoms with E-state index in [0.717, 1.165) is 37.3 Å². The van der Waals surface area contributed by atoms with Crippen LogP contribution in [0.4, 0.5) is 39.5 Å². The summed E-state index contributed by atoms with van der Waals surface area (Å²) in [5, 5.41) is 21.4. The number of fused-ring (bicyclic) bond motifs is 1. The van der Waals surface area contributed by atoms with Gasteiger partial charge in [-0.25, -0.2) is 14.4 Å². The summed E-state index contributed by atoms with van der Waals surface area (Å²) in [5.41, 5.74) is 2.11. The van der Waals surface area contributed by atoms with E-state index in [-0.39, 0.29) is 6.10 Å². The fourth-order valence-electron chi connectivity index (χ4n) is 3.88. The molecule has 0 bridgehead atoms. The van der Waals surface area contributed by atoms with Gasteiger partial charge >= 0.3 is 36.4 Å². The number of carbonyl (C=O) groups is 3. The van der Waals surface area contributed by atoms with Gasteiger partial charge in [-0.2, -0.15) is 39.5 Å². The first-order valence-electron chi connectivity index (χ1n) is 12.9. The van der Waals surface area contributed by atoms with Crippen LogP contribution >= 0.6 is 0 Å². The predicted octanol–water partition coefficient (Wildman–Crippen LogP) is 4.72. The van der Waals surface area contributed by atoms with E-state index in [4.69, 9.17) is 39.2 Å². The normalized spacial score (nSPS) is 19.5.